The zero-order valence-corrected chi connectivity index (χ0v) is 8.74. The molecule has 1 unspecified atom stereocenters. The molecule has 2 nitrogen and oxygen atoms in total. The second-order valence-electron chi connectivity index (χ2n) is 4.43. The van der Waals surface area contributed by atoms with Crippen molar-refractivity contribution in [2.24, 2.45) is 0 Å². The Morgan fingerprint density at radius 2 is 2.07 bits per heavy atom. The van der Waals surface area contributed by atoms with Gasteiger partial charge in [-0.1, -0.05) is 18.9 Å². The van der Waals surface area contributed by atoms with Gasteiger partial charge in [0.05, 0.1) is 6.04 Å². The average molecular weight is 193 g/mol. The van der Waals surface area contributed by atoms with E-state index in [0.717, 1.165) is 19.3 Å². The second-order valence-corrected chi connectivity index (χ2v) is 4.43. The minimum atomic E-state index is 0.325. The largest absolute Gasteiger partial charge is 0.333 e. The van der Waals surface area contributed by atoms with Crippen LogP contribution in [0.3, 0.4) is 0 Å². The molecule has 2 aliphatic rings. The Hall–Kier alpha value is -0.790. The molecule has 0 radical (unpaired) electrons. The molecule has 2 saturated heterocycles. The predicted molar refractivity (Wildman–Crippen MR) is 56.9 cm³/mol. The Kier molecular flexibility index (Phi) is 2.90. The van der Waals surface area contributed by atoms with Gasteiger partial charge in [0.1, 0.15) is 0 Å². The standard InChI is InChI=1S/C12H19NO/c1-2-10-8-9-11-6-4-3-5-7-12(14)13(10)11/h2,10-11H,1,3-9H2/t10-,11?/m0/s1. The van der Waals surface area contributed by atoms with Crippen molar-refractivity contribution in [1.82, 2.24) is 4.90 Å². The van der Waals surface area contributed by atoms with Gasteiger partial charge in [-0.05, 0) is 25.7 Å². The molecule has 0 spiro atoms. The third kappa shape index (κ3) is 1.70. The molecule has 14 heavy (non-hydrogen) atoms. The Bertz CT molecular complexity index is 236. The number of rotatable bonds is 1. The molecule has 0 aliphatic carbocycles. The molecule has 0 saturated carbocycles. The molecule has 78 valence electrons. The van der Waals surface area contributed by atoms with Gasteiger partial charge >= 0.3 is 0 Å². The van der Waals surface area contributed by atoms with E-state index in [0.29, 0.717) is 18.0 Å². The van der Waals surface area contributed by atoms with Crippen LogP contribution in [0, 0.1) is 0 Å². The molecule has 0 aromatic carbocycles. The monoisotopic (exact) mass is 193 g/mol. The van der Waals surface area contributed by atoms with Crippen LogP contribution in [-0.2, 0) is 4.79 Å². The number of nitrogens with zero attached hydrogens (tertiary/aromatic N) is 1. The van der Waals surface area contributed by atoms with E-state index in [2.05, 4.69) is 11.5 Å². The molecule has 0 aromatic rings. The number of fused-ring (bicyclic) bond motifs is 1. The first-order valence-corrected chi connectivity index (χ1v) is 5.76. The first-order chi connectivity index (χ1) is 6.83. The maximum Gasteiger partial charge on any atom is 0.223 e. The summed E-state index contributed by atoms with van der Waals surface area (Å²) in [4.78, 5) is 14.0. The van der Waals surface area contributed by atoms with Crippen LogP contribution in [0.1, 0.15) is 44.9 Å². The Morgan fingerprint density at radius 1 is 1.21 bits per heavy atom. The molecule has 2 fully saturated rings. The molecule has 2 atom stereocenters. The van der Waals surface area contributed by atoms with Gasteiger partial charge in [0, 0.05) is 12.5 Å². The van der Waals surface area contributed by atoms with Crippen molar-refractivity contribution < 1.29 is 4.79 Å². The van der Waals surface area contributed by atoms with Gasteiger partial charge in [0.2, 0.25) is 5.91 Å². The molecule has 0 N–H and O–H groups in total. The Balaban J connectivity index is 2.12. The highest BCUT2D eigenvalue weighted by molar-refractivity contribution is 5.77. The van der Waals surface area contributed by atoms with E-state index in [4.69, 9.17) is 0 Å². The van der Waals surface area contributed by atoms with E-state index in [1.165, 1.54) is 25.7 Å². The minimum absolute atomic E-state index is 0.325. The molecular weight excluding hydrogens is 174 g/mol. The van der Waals surface area contributed by atoms with Crippen LogP contribution >= 0.6 is 0 Å². The molecular formula is C12H19NO. The molecule has 2 rings (SSSR count). The predicted octanol–water partition coefficient (Wildman–Crippen LogP) is 2.50. The fraction of sp³-hybridized carbons (Fsp3) is 0.750. The van der Waals surface area contributed by atoms with Crippen molar-refractivity contribution >= 4 is 5.91 Å². The van der Waals surface area contributed by atoms with Crippen molar-refractivity contribution in [3.63, 3.8) is 0 Å². The lowest BCUT2D eigenvalue weighted by Crippen LogP contribution is -2.41. The van der Waals surface area contributed by atoms with Crippen LogP contribution in [0.4, 0.5) is 0 Å². The summed E-state index contributed by atoms with van der Waals surface area (Å²) in [5.41, 5.74) is 0. The van der Waals surface area contributed by atoms with Gasteiger partial charge in [-0.2, -0.15) is 0 Å². The first kappa shape index (κ1) is 9.75. The first-order valence-electron chi connectivity index (χ1n) is 5.76. The van der Waals surface area contributed by atoms with Crippen LogP contribution in [0.25, 0.3) is 0 Å². The lowest BCUT2D eigenvalue weighted by molar-refractivity contribution is -0.134. The van der Waals surface area contributed by atoms with Crippen molar-refractivity contribution in [3.8, 4) is 0 Å². The molecule has 2 heterocycles. The molecule has 1 amide bonds. The quantitative estimate of drug-likeness (QED) is 0.586. The summed E-state index contributed by atoms with van der Waals surface area (Å²) in [6, 6.07) is 0.844. The van der Waals surface area contributed by atoms with Crippen molar-refractivity contribution in [3.05, 3.63) is 12.7 Å². The zero-order chi connectivity index (χ0) is 9.97. The van der Waals surface area contributed by atoms with Crippen molar-refractivity contribution in [2.75, 3.05) is 0 Å². The number of hydrogen-bond acceptors (Lipinski definition) is 1. The maximum atomic E-state index is 11.9. The van der Waals surface area contributed by atoms with Crippen LogP contribution in [0.2, 0.25) is 0 Å². The van der Waals surface area contributed by atoms with Gasteiger partial charge in [0.15, 0.2) is 0 Å². The second kappa shape index (κ2) is 4.16. The average Bonchev–Trinajstić information content (AvgIpc) is 2.56. The van der Waals surface area contributed by atoms with E-state index in [9.17, 15) is 4.79 Å². The van der Waals surface area contributed by atoms with Crippen molar-refractivity contribution in [2.45, 2.75) is 57.0 Å². The third-order valence-corrected chi connectivity index (χ3v) is 3.53. The van der Waals surface area contributed by atoms with E-state index < -0.39 is 0 Å². The topological polar surface area (TPSA) is 20.3 Å². The zero-order valence-electron chi connectivity index (χ0n) is 8.74. The summed E-state index contributed by atoms with van der Waals surface area (Å²) < 4.78 is 0. The fourth-order valence-corrected chi connectivity index (χ4v) is 2.78. The molecule has 2 aliphatic heterocycles. The van der Waals surface area contributed by atoms with Gasteiger partial charge in [-0.3, -0.25) is 4.79 Å². The van der Waals surface area contributed by atoms with Gasteiger partial charge in [0.25, 0.3) is 0 Å². The highest BCUT2D eigenvalue weighted by Gasteiger charge is 2.34. The fourth-order valence-electron chi connectivity index (χ4n) is 2.78. The maximum absolute atomic E-state index is 11.9. The van der Waals surface area contributed by atoms with Gasteiger partial charge in [-0.25, -0.2) is 0 Å². The number of carbonyl (C=O) groups excluding carboxylic acids is 1. The summed E-state index contributed by atoms with van der Waals surface area (Å²) in [6.45, 7) is 3.83. The van der Waals surface area contributed by atoms with E-state index in [-0.39, 0.29) is 0 Å². The van der Waals surface area contributed by atoms with Crippen LogP contribution in [-0.4, -0.2) is 22.9 Å². The summed E-state index contributed by atoms with van der Waals surface area (Å²) in [5.74, 6) is 0.358. The summed E-state index contributed by atoms with van der Waals surface area (Å²) in [6.07, 6.45) is 9.80. The van der Waals surface area contributed by atoms with Gasteiger partial charge < -0.3 is 4.90 Å². The Labute approximate surface area is 86.0 Å². The van der Waals surface area contributed by atoms with Crippen LogP contribution in [0.5, 0.6) is 0 Å². The minimum Gasteiger partial charge on any atom is -0.333 e. The number of hydrogen-bond donors (Lipinski definition) is 0. The van der Waals surface area contributed by atoms with E-state index >= 15 is 0 Å². The third-order valence-electron chi connectivity index (χ3n) is 3.53. The summed E-state index contributed by atoms with van der Waals surface area (Å²) in [7, 11) is 0. The normalized spacial score (nSPS) is 33.4. The van der Waals surface area contributed by atoms with Crippen molar-refractivity contribution in [1.29, 1.82) is 0 Å². The summed E-state index contributed by atoms with van der Waals surface area (Å²) >= 11 is 0. The van der Waals surface area contributed by atoms with Gasteiger partial charge in [-0.15, -0.1) is 6.58 Å². The van der Waals surface area contributed by atoms with E-state index in [1.54, 1.807) is 0 Å². The number of carbonyl (C=O) groups is 1. The number of amides is 1. The lowest BCUT2D eigenvalue weighted by Gasteiger charge is -2.30. The summed E-state index contributed by atoms with van der Waals surface area (Å²) in [5, 5.41) is 0. The molecule has 2 heteroatoms. The molecule has 0 aromatic heterocycles. The van der Waals surface area contributed by atoms with Crippen LogP contribution in [0.15, 0.2) is 12.7 Å². The highest BCUT2D eigenvalue weighted by Crippen LogP contribution is 2.31. The SMILES string of the molecule is C=C[C@H]1CCC2CCCCCC(=O)N21. The van der Waals surface area contributed by atoms with Crippen LogP contribution < -0.4 is 0 Å². The van der Waals surface area contributed by atoms with E-state index in [1.807, 2.05) is 6.08 Å². The Morgan fingerprint density at radius 3 is 2.86 bits per heavy atom. The smallest absolute Gasteiger partial charge is 0.223 e. The lowest BCUT2D eigenvalue weighted by atomic mass is 10.0. The highest BCUT2D eigenvalue weighted by atomic mass is 16.2. The molecule has 0 bridgehead atoms.